The van der Waals surface area contributed by atoms with Gasteiger partial charge in [-0.05, 0) is 36.1 Å². The highest BCUT2D eigenvalue weighted by atomic mass is 32.2. The van der Waals surface area contributed by atoms with Gasteiger partial charge in [0.25, 0.3) is 0 Å². The van der Waals surface area contributed by atoms with Crippen LogP contribution in [0.3, 0.4) is 0 Å². The van der Waals surface area contributed by atoms with Crippen LogP contribution < -0.4 is 4.74 Å². The van der Waals surface area contributed by atoms with Gasteiger partial charge in [-0.3, -0.25) is 4.18 Å². The zero-order valence-corrected chi connectivity index (χ0v) is 10.7. The number of halogens is 3. The summed E-state index contributed by atoms with van der Waals surface area (Å²) in [5.41, 5.74) is -4.22. The van der Waals surface area contributed by atoms with E-state index in [-0.39, 0.29) is 6.42 Å². The highest BCUT2D eigenvalue weighted by Gasteiger charge is 2.49. The van der Waals surface area contributed by atoms with E-state index in [2.05, 4.69) is 4.18 Å². The molecule has 4 nitrogen and oxygen atoms in total. The van der Waals surface area contributed by atoms with Gasteiger partial charge in [-0.2, -0.15) is 21.6 Å². The topological polar surface area (TPSA) is 52.6 Å². The van der Waals surface area contributed by atoms with E-state index in [1.165, 1.54) is 13.2 Å². The monoisotopic (exact) mass is 296 g/mol. The number of benzene rings is 1. The minimum Gasteiger partial charge on any atom is -0.497 e. The van der Waals surface area contributed by atoms with Gasteiger partial charge in [0.05, 0.1) is 7.11 Å². The van der Waals surface area contributed by atoms with E-state index >= 15 is 0 Å². The van der Waals surface area contributed by atoms with Crippen molar-refractivity contribution in [2.75, 3.05) is 7.11 Å². The quantitative estimate of drug-likeness (QED) is 0.635. The second-order valence-electron chi connectivity index (χ2n) is 4.09. The summed E-state index contributed by atoms with van der Waals surface area (Å²) in [5, 5.41) is 0. The number of methoxy groups -OCH3 is 1. The number of ether oxygens (including phenoxy) is 1. The zero-order valence-electron chi connectivity index (χ0n) is 9.90. The molecule has 0 saturated heterocycles. The third-order valence-electron chi connectivity index (χ3n) is 2.90. The van der Waals surface area contributed by atoms with Gasteiger partial charge in [-0.1, -0.05) is 6.07 Å². The summed E-state index contributed by atoms with van der Waals surface area (Å²) in [4.78, 5) is 0. The fourth-order valence-electron chi connectivity index (χ4n) is 1.98. The second-order valence-corrected chi connectivity index (χ2v) is 5.65. The van der Waals surface area contributed by atoms with Gasteiger partial charge in [-0.25, -0.2) is 0 Å². The summed E-state index contributed by atoms with van der Waals surface area (Å²) in [6, 6.07) is 4.86. The first kappa shape index (κ1) is 14.1. The number of fused-ring (bicyclic) bond motifs is 1. The first-order valence-corrected chi connectivity index (χ1v) is 6.82. The molecule has 106 valence electrons. The van der Waals surface area contributed by atoms with Crippen LogP contribution in [0.25, 0.3) is 0 Å². The van der Waals surface area contributed by atoms with E-state index in [4.69, 9.17) is 4.74 Å². The largest absolute Gasteiger partial charge is 0.523 e. The zero-order chi connectivity index (χ0) is 14.3. The van der Waals surface area contributed by atoms with Gasteiger partial charge in [0.1, 0.15) is 11.9 Å². The molecule has 2 rings (SSSR count). The maximum atomic E-state index is 12.3. The van der Waals surface area contributed by atoms with E-state index < -0.39 is 21.7 Å². The molecule has 1 aliphatic rings. The highest BCUT2D eigenvalue weighted by molar-refractivity contribution is 7.87. The van der Waals surface area contributed by atoms with Gasteiger partial charge in [0, 0.05) is 0 Å². The SMILES string of the molecule is COc1ccc2c(c1)C(OS(=O)(=O)C(F)(F)F)CC2. The first-order chi connectivity index (χ1) is 8.74. The summed E-state index contributed by atoms with van der Waals surface area (Å²) in [5.74, 6) is 0.443. The van der Waals surface area contributed by atoms with Gasteiger partial charge in [0.15, 0.2) is 0 Å². The molecule has 0 aromatic heterocycles. The fraction of sp³-hybridized carbons (Fsp3) is 0.455. The number of hydrogen-bond donors (Lipinski definition) is 0. The Morgan fingerprint density at radius 3 is 2.58 bits per heavy atom. The molecule has 0 spiro atoms. The number of alkyl halides is 3. The Kier molecular flexibility index (Phi) is 3.48. The molecule has 0 aliphatic heterocycles. The molecule has 1 aromatic rings. The lowest BCUT2D eigenvalue weighted by Gasteiger charge is -2.15. The third kappa shape index (κ3) is 2.69. The van der Waals surface area contributed by atoms with Crippen molar-refractivity contribution in [3.8, 4) is 5.75 Å². The van der Waals surface area contributed by atoms with Crippen LogP contribution in [0.15, 0.2) is 18.2 Å². The van der Waals surface area contributed by atoms with Gasteiger partial charge in [0.2, 0.25) is 0 Å². The van der Waals surface area contributed by atoms with Crippen LogP contribution in [0, 0.1) is 0 Å². The maximum Gasteiger partial charge on any atom is 0.523 e. The van der Waals surface area contributed by atoms with Crippen LogP contribution in [-0.2, 0) is 20.7 Å². The van der Waals surface area contributed by atoms with Crippen molar-refractivity contribution in [1.29, 1.82) is 0 Å². The van der Waals surface area contributed by atoms with Crippen LogP contribution in [0.1, 0.15) is 23.7 Å². The third-order valence-corrected chi connectivity index (χ3v) is 3.95. The van der Waals surface area contributed by atoms with Crippen molar-refractivity contribution >= 4 is 10.1 Å². The lowest BCUT2D eigenvalue weighted by atomic mass is 10.1. The van der Waals surface area contributed by atoms with Crippen LogP contribution >= 0.6 is 0 Å². The van der Waals surface area contributed by atoms with E-state index in [9.17, 15) is 21.6 Å². The van der Waals surface area contributed by atoms with Crippen molar-refractivity contribution in [1.82, 2.24) is 0 Å². The molecule has 1 atom stereocenters. The van der Waals surface area contributed by atoms with Crippen LogP contribution in [0.5, 0.6) is 5.75 Å². The van der Waals surface area contributed by atoms with Crippen LogP contribution in [0.4, 0.5) is 13.2 Å². The number of hydrogen-bond acceptors (Lipinski definition) is 4. The maximum absolute atomic E-state index is 12.3. The molecule has 0 fully saturated rings. The normalized spacial score (nSPS) is 19.3. The Labute approximate surface area is 108 Å². The minimum absolute atomic E-state index is 0.192. The molecule has 0 amide bonds. The molecule has 8 heteroatoms. The van der Waals surface area contributed by atoms with Crippen molar-refractivity contribution in [2.45, 2.75) is 24.5 Å². The van der Waals surface area contributed by atoms with Crippen molar-refractivity contribution in [3.05, 3.63) is 29.3 Å². The Morgan fingerprint density at radius 2 is 2.00 bits per heavy atom. The molecular formula is C11H11F3O4S. The molecule has 1 unspecified atom stereocenters. The summed E-state index contributed by atoms with van der Waals surface area (Å²) < 4.78 is 68.0. The molecule has 1 aliphatic carbocycles. The lowest BCUT2D eigenvalue weighted by Crippen LogP contribution is -2.26. The standard InChI is InChI=1S/C11H11F3O4S/c1-17-8-4-2-7-3-5-10(9(7)6-8)18-19(15,16)11(12,13)14/h2,4,6,10H,3,5H2,1H3. The molecule has 0 saturated carbocycles. The predicted octanol–water partition coefficient (Wildman–Crippen LogP) is 2.55. The van der Waals surface area contributed by atoms with Crippen molar-refractivity contribution in [3.63, 3.8) is 0 Å². The molecule has 0 heterocycles. The van der Waals surface area contributed by atoms with E-state index in [1.807, 2.05) is 0 Å². The summed E-state index contributed by atoms with van der Waals surface area (Å²) >= 11 is 0. The summed E-state index contributed by atoms with van der Waals surface area (Å²) in [6.45, 7) is 0. The highest BCUT2D eigenvalue weighted by Crippen LogP contribution is 2.39. The second kappa shape index (κ2) is 4.68. The molecule has 0 bridgehead atoms. The molecule has 19 heavy (non-hydrogen) atoms. The Bertz CT molecular complexity index is 580. The van der Waals surface area contributed by atoms with E-state index in [1.54, 1.807) is 12.1 Å². The smallest absolute Gasteiger partial charge is 0.497 e. The number of rotatable bonds is 3. The Morgan fingerprint density at radius 1 is 1.32 bits per heavy atom. The number of aryl methyl sites for hydroxylation is 1. The van der Waals surface area contributed by atoms with Crippen LogP contribution in [0.2, 0.25) is 0 Å². The summed E-state index contributed by atoms with van der Waals surface area (Å²) in [7, 11) is -4.17. The van der Waals surface area contributed by atoms with E-state index in [0.29, 0.717) is 17.7 Å². The fourth-order valence-corrected chi connectivity index (χ4v) is 2.59. The molecule has 1 aromatic carbocycles. The Balaban J connectivity index is 2.28. The molecule has 0 radical (unpaired) electrons. The van der Waals surface area contributed by atoms with Gasteiger partial charge in [-0.15, -0.1) is 0 Å². The van der Waals surface area contributed by atoms with E-state index in [0.717, 1.165) is 5.56 Å². The summed E-state index contributed by atoms with van der Waals surface area (Å²) in [6.07, 6.45) is -0.452. The minimum atomic E-state index is -5.58. The Hall–Kier alpha value is -1.28. The molecule has 0 N–H and O–H groups in total. The van der Waals surface area contributed by atoms with Crippen molar-refractivity contribution in [2.24, 2.45) is 0 Å². The average molecular weight is 296 g/mol. The van der Waals surface area contributed by atoms with Gasteiger partial charge >= 0.3 is 15.6 Å². The molecular weight excluding hydrogens is 285 g/mol. The van der Waals surface area contributed by atoms with Crippen LogP contribution in [-0.4, -0.2) is 21.0 Å². The average Bonchev–Trinajstić information content (AvgIpc) is 2.69. The van der Waals surface area contributed by atoms with Crippen molar-refractivity contribution < 1.29 is 30.5 Å². The van der Waals surface area contributed by atoms with Gasteiger partial charge < -0.3 is 4.74 Å². The first-order valence-electron chi connectivity index (χ1n) is 5.41. The lowest BCUT2D eigenvalue weighted by molar-refractivity contribution is -0.0574. The predicted molar refractivity (Wildman–Crippen MR) is 60.1 cm³/mol.